The molecule has 0 aliphatic heterocycles. The molecule has 0 bridgehead atoms. The van der Waals surface area contributed by atoms with Crippen LogP contribution in [0.2, 0.25) is 0 Å². The molecule has 4 heteroatoms. The molecule has 0 radical (unpaired) electrons. The number of halogens is 1. The first-order valence-corrected chi connectivity index (χ1v) is 4.18. The summed E-state index contributed by atoms with van der Waals surface area (Å²) >= 11 is 2.51. The van der Waals surface area contributed by atoms with E-state index in [1.54, 1.807) is 0 Å². The molecule has 0 atom stereocenters. The van der Waals surface area contributed by atoms with Crippen LogP contribution >= 0.6 is 16.3 Å². The zero-order valence-corrected chi connectivity index (χ0v) is 8.02. The molecular formula is C7H11BrO3. The SMILES string of the molecule is CCCCC(=O)CC(=O)OBr. The first-order chi connectivity index (χ1) is 5.20. The molecule has 0 saturated heterocycles. The van der Waals surface area contributed by atoms with E-state index in [9.17, 15) is 9.59 Å². The Hall–Kier alpha value is -0.380. The van der Waals surface area contributed by atoms with Gasteiger partial charge in [0, 0.05) is 6.42 Å². The smallest absolute Gasteiger partial charge is 0.324 e. The molecule has 0 aromatic heterocycles. The van der Waals surface area contributed by atoms with E-state index in [4.69, 9.17) is 0 Å². The minimum absolute atomic E-state index is 0.0590. The second kappa shape index (κ2) is 6.34. The van der Waals surface area contributed by atoms with Gasteiger partial charge in [-0.25, -0.2) is 0 Å². The summed E-state index contributed by atoms with van der Waals surface area (Å²) < 4.78 is 4.15. The van der Waals surface area contributed by atoms with Gasteiger partial charge in [-0.3, -0.25) is 9.59 Å². The number of carbonyl (C=O) groups is 2. The molecule has 0 saturated carbocycles. The summed E-state index contributed by atoms with van der Waals surface area (Å²) in [6, 6.07) is 0. The van der Waals surface area contributed by atoms with Crippen LogP contribution in [-0.4, -0.2) is 11.8 Å². The van der Waals surface area contributed by atoms with Gasteiger partial charge in [0.25, 0.3) is 0 Å². The van der Waals surface area contributed by atoms with E-state index < -0.39 is 5.97 Å². The normalized spacial score (nSPS) is 9.27. The van der Waals surface area contributed by atoms with Crippen molar-refractivity contribution in [3.8, 4) is 0 Å². The van der Waals surface area contributed by atoms with Crippen molar-refractivity contribution in [2.75, 3.05) is 0 Å². The second-order valence-corrected chi connectivity index (χ2v) is 2.59. The maximum absolute atomic E-state index is 10.8. The average Bonchev–Trinajstić information content (AvgIpc) is 2.00. The summed E-state index contributed by atoms with van der Waals surface area (Å²) in [6.07, 6.45) is 2.16. The minimum Gasteiger partial charge on any atom is -0.383 e. The van der Waals surface area contributed by atoms with Gasteiger partial charge >= 0.3 is 5.97 Å². The van der Waals surface area contributed by atoms with Gasteiger partial charge in [-0.1, -0.05) is 13.3 Å². The molecule has 0 rings (SSSR count). The summed E-state index contributed by atoms with van der Waals surface area (Å²) in [7, 11) is 0. The van der Waals surface area contributed by atoms with Crippen molar-refractivity contribution in [2.45, 2.75) is 32.6 Å². The Kier molecular flexibility index (Phi) is 6.12. The number of hydrogen-bond donors (Lipinski definition) is 0. The van der Waals surface area contributed by atoms with Crippen LogP contribution in [0.4, 0.5) is 0 Å². The molecule has 0 heterocycles. The molecule has 11 heavy (non-hydrogen) atoms. The van der Waals surface area contributed by atoms with Crippen LogP contribution in [0.5, 0.6) is 0 Å². The lowest BCUT2D eigenvalue weighted by Crippen LogP contribution is -2.06. The van der Waals surface area contributed by atoms with E-state index in [-0.39, 0.29) is 12.2 Å². The zero-order valence-electron chi connectivity index (χ0n) is 6.43. The average molecular weight is 223 g/mol. The number of hydrogen-bond acceptors (Lipinski definition) is 3. The molecular weight excluding hydrogens is 212 g/mol. The predicted molar refractivity (Wildman–Crippen MR) is 44.2 cm³/mol. The molecule has 0 aromatic carbocycles. The number of rotatable bonds is 5. The summed E-state index contributed by atoms with van der Waals surface area (Å²) in [5, 5.41) is 0. The maximum atomic E-state index is 10.8. The number of ketones is 1. The first kappa shape index (κ1) is 10.6. The molecule has 0 spiro atoms. The highest BCUT2D eigenvalue weighted by Gasteiger charge is 2.08. The van der Waals surface area contributed by atoms with Gasteiger partial charge < -0.3 is 3.83 Å². The van der Waals surface area contributed by atoms with Gasteiger partial charge in [0.15, 0.2) is 16.3 Å². The van der Waals surface area contributed by atoms with Gasteiger partial charge in [-0.2, -0.15) is 0 Å². The fourth-order valence-corrected chi connectivity index (χ4v) is 0.765. The zero-order chi connectivity index (χ0) is 8.69. The topological polar surface area (TPSA) is 43.4 Å². The lowest BCUT2D eigenvalue weighted by Gasteiger charge is -1.95. The van der Waals surface area contributed by atoms with E-state index in [0.717, 1.165) is 12.8 Å². The van der Waals surface area contributed by atoms with E-state index in [2.05, 4.69) is 20.1 Å². The lowest BCUT2D eigenvalue weighted by atomic mass is 10.1. The Morgan fingerprint density at radius 2 is 2.09 bits per heavy atom. The number of carbonyl (C=O) groups excluding carboxylic acids is 2. The first-order valence-electron chi connectivity index (χ1n) is 3.53. The lowest BCUT2D eigenvalue weighted by molar-refractivity contribution is -0.136. The predicted octanol–water partition coefficient (Wildman–Crippen LogP) is 1.99. The van der Waals surface area contributed by atoms with E-state index in [1.165, 1.54) is 0 Å². The molecule has 0 amide bonds. The Morgan fingerprint density at radius 1 is 1.45 bits per heavy atom. The fourth-order valence-electron chi connectivity index (χ4n) is 0.651. The van der Waals surface area contributed by atoms with Gasteiger partial charge in [0.1, 0.15) is 12.2 Å². The van der Waals surface area contributed by atoms with E-state index >= 15 is 0 Å². The Labute approximate surface area is 74.6 Å². The summed E-state index contributed by atoms with van der Waals surface area (Å²) in [5.41, 5.74) is 0. The van der Waals surface area contributed by atoms with Gasteiger partial charge in [0.05, 0.1) is 0 Å². The summed E-state index contributed by atoms with van der Waals surface area (Å²) in [6.45, 7) is 2.00. The molecule has 0 unspecified atom stereocenters. The summed E-state index contributed by atoms with van der Waals surface area (Å²) in [5.74, 6) is -0.581. The molecule has 64 valence electrons. The van der Waals surface area contributed by atoms with Crippen molar-refractivity contribution < 1.29 is 13.4 Å². The van der Waals surface area contributed by atoms with Crippen molar-refractivity contribution in [1.29, 1.82) is 0 Å². The second-order valence-electron chi connectivity index (χ2n) is 2.27. The number of unbranched alkanes of at least 4 members (excludes halogenated alkanes) is 1. The van der Waals surface area contributed by atoms with Crippen molar-refractivity contribution >= 4 is 28.0 Å². The molecule has 0 aliphatic rings. The monoisotopic (exact) mass is 222 g/mol. The van der Waals surface area contributed by atoms with Gasteiger partial charge in [-0.05, 0) is 6.42 Å². The minimum atomic E-state index is -0.522. The van der Waals surface area contributed by atoms with Crippen LogP contribution in [0, 0.1) is 0 Å². The highest BCUT2D eigenvalue weighted by atomic mass is 79.9. The van der Waals surface area contributed by atoms with Gasteiger partial charge in [0.2, 0.25) is 0 Å². The molecule has 0 fully saturated rings. The van der Waals surface area contributed by atoms with Crippen LogP contribution in [0.25, 0.3) is 0 Å². The van der Waals surface area contributed by atoms with Crippen LogP contribution in [0.3, 0.4) is 0 Å². The Morgan fingerprint density at radius 3 is 2.55 bits per heavy atom. The number of Topliss-reactive ketones (excluding diaryl/α,β-unsaturated/α-hetero) is 1. The standard InChI is InChI=1S/C7H11BrO3/c1-2-3-4-6(9)5-7(10)11-8/h2-5H2,1H3. The fraction of sp³-hybridized carbons (Fsp3) is 0.714. The molecule has 0 aliphatic carbocycles. The Bertz CT molecular complexity index is 145. The third-order valence-electron chi connectivity index (χ3n) is 1.24. The largest absolute Gasteiger partial charge is 0.383 e. The van der Waals surface area contributed by atoms with Crippen molar-refractivity contribution in [2.24, 2.45) is 0 Å². The van der Waals surface area contributed by atoms with Crippen LogP contribution < -0.4 is 0 Å². The molecule has 3 nitrogen and oxygen atoms in total. The van der Waals surface area contributed by atoms with Crippen molar-refractivity contribution in [3.05, 3.63) is 0 Å². The quantitative estimate of drug-likeness (QED) is 0.669. The van der Waals surface area contributed by atoms with E-state index in [0.29, 0.717) is 6.42 Å². The summed E-state index contributed by atoms with van der Waals surface area (Å²) in [4.78, 5) is 21.3. The molecule has 0 N–H and O–H groups in total. The maximum Gasteiger partial charge on any atom is 0.324 e. The van der Waals surface area contributed by atoms with Crippen LogP contribution in [0.15, 0.2) is 0 Å². The van der Waals surface area contributed by atoms with Crippen molar-refractivity contribution in [1.82, 2.24) is 0 Å². The third kappa shape index (κ3) is 6.04. The van der Waals surface area contributed by atoms with Gasteiger partial charge in [-0.15, -0.1) is 0 Å². The third-order valence-corrected chi connectivity index (χ3v) is 1.60. The van der Waals surface area contributed by atoms with E-state index in [1.807, 2.05) is 6.92 Å². The van der Waals surface area contributed by atoms with Crippen LogP contribution in [0.1, 0.15) is 32.6 Å². The highest BCUT2D eigenvalue weighted by Crippen LogP contribution is 2.00. The van der Waals surface area contributed by atoms with Crippen LogP contribution in [-0.2, 0) is 13.4 Å². The van der Waals surface area contributed by atoms with Crippen molar-refractivity contribution in [3.63, 3.8) is 0 Å². The Balaban J connectivity index is 3.44. The molecule has 0 aromatic rings. The highest BCUT2D eigenvalue weighted by molar-refractivity contribution is 9.06.